The van der Waals surface area contributed by atoms with E-state index in [1.807, 2.05) is 0 Å². The lowest BCUT2D eigenvalue weighted by atomic mass is 9.84. The Morgan fingerprint density at radius 2 is 1.75 bits per heavy atom. The molecule has 3 fully saturated rings. The van der Waals surface area contributed by atoms with Crippen LogP contribution in [0.2, 0.25) is 0 Å². The molecule has 0 N–H and O–H groups in total. The van der Waals surface area contributed by atoms with Crippen LogP contribution in [0, 0.1) is 5.92 Å². The number of hydrogen-bond donors (Lipinski definition) is 0. The van der Waals surface area contributed by atoms with Gasteiger partial charge in [-0.05, 0) is 49.5 Å². The normalized spacial score (nSPS) is 25.9. The van der Waals surface area contributed by atoms with Crippen molar-refractivity contribution in [1.82, 2.24) is 19.9 Å². The van der Waals surface area contributed by atoms with E-state index in [0.717, 1.165) is 18.2 Å². The van der Waals surface area contributed by atoms with Crippen LogP contribution in [0.1, 0.15) is 18.9 Å². The molecule has 0 aliphatic carbocycles. The predicted molar refractivity (Wildman–Crippen MR) is 97.0 cm³/mol. The van der Waals surface area contributed by atoms with Crippen molar-refractivity contribution in [2.45, 2.75) is 18.9 Å². The summed E-state index contributed by atoms with van der Waals surface area (Å²) in [6.07, 6.45) is 4.75. The number of benzene rings is 1. The van der Waals surface area contributed by atoms with Gasteiger partial charge in [0.05, 0.1) is 17.1 Å². The highest BCUT2D eigenvalue weighted by atomic mass is 32.1. The molecule has 3 saturated heterocycles. The monoisotopic (exact) mass is 336 g/mol. The van der Waals surface area contributed by atoms with Crippen LogP contribution in [0.15, 0.2) is 48.7 Å². The lowest BCUT2D eigenvalue weighted by Crippen LogP contribution is -2.48. The SMILES string of the molecule is c1ccc(-c2ccc(-c3cn(C4CN5CCC4CC5)nn3)s2)cc1. The summed E-state index contributed by atoms with van der Waals surface area (Å²) in [6.45, 7) is 3.65. The maximum Gasteiger partial charge on any atom is 0.123 e. The van der Waals surface area contributed by atoms with Crippen LogP contribution >= 0.6 is 11.3 Å². The summed E-state index contributed by atoms with van der Waals surface area (Å²) in [5.41, 5.74) is 2.26. The molecule has 24 heavy (non-hydrogen) atoms. The second-order valence-electron chi connectivity index (χ2n) is 6.82. The summed E-state index contributed by atoms with van der Waals surface area (Å²) in [5.74, 6) is 0.771. The van der Waals surface area contributed by atoms with E-state index >= 15 is 0 Å². The number of rotatable bonds is 3. The summed E-state index contributed by atoms with van der Waals surface area (Å²) in [6, 6.07) is 15.4. The third kappa shape index (κ3) is 2.48. The average Bonchev–Trinajstić information content (AvgIpc) is 3.33. The Balaban J connectivity index is 1.41. The standard InChI is InChI=1S/C19H20N4S/c1-2-4-15(5-3-1)18-6-7-19(24-18)16-12-23(21-20-16)17-13-22-10-8-14(17)9-11-22/h1-7,12,14,17H,8-11,13H2. The van der Waals surface area contributed by atoms with Crippen LogP contribution < -0.4 is 0 Å². The zero-order chi connectivity index (χ0) is 15.9. The van der Waals surface area contributed by atoms with Crippen molar-refractivity contribution in [3.05, 3.63) is 48.7 Å². The molecule has 4 nitrogen and oxygen atoms in total. The van der Waals surface area contributed by atoms with Gasteiger partial charge in [-0.2, -0.15) is 0 Å². The maximum absolute atomic E-state index is 4.46. The van der Waals surface area contributed by atoms with Gasteiger partial charge in [0.2, 0.25) is 0 Å². The van der Waals surface area contributed by atoms with Crippen molar-refractivity contribution in [2.75, 3.05) is 19.6 Å². The van der Waals surface area contributed by atoms with Gasteiger partial charge in [-0.15, -0.1) is 16.4 Å². The molecule has 1 atom stereocenters. The molecule has 3 aliphatic rings. The molecule has 122 valence electrons. The number of aromatic nitrogens is 3. The first-order chi connectivity index (χ1) is 11.9. The van der Waals surface area contributed by atoms with Crippen molar-refractivity contribution >= 4 is 11.3 Å². The molecule has 0 amide bonds. The van der Waals surface area contributed by atoms with E-state index in [2.05, 4.69) is 68.6 Å². The summed E-state index contributed by atoms with van der Waals surface area (Å²) in [5, 5.41) is 8.92. The van der Waals surface area contributed by atoms with Gasteiger partial charge in [-0.1, -0.05) is 35.5 Å². The van der Waals surface area contributed by atoms with E-state index in [1.54, 1.807) is 11.3 Å². The molecule has 0 spiro atoms. The largest absolute Gasteiger partial charge is 0.301 e. The maximum atomic E-state index is 4.46. The summed E-state index contributed by atoms with van der Waals surface area (Å²) < 4.78 is 2.12. The molecule has 0 saturated carbocycles. The molecule has 6 rings (SSSR count). The van der Waals surface area contributed by atoms with E-state index in [-0.39, 0.29) is 0 Å². The molecular formula is C19H20N4S. The molecule has 2 aromatic heterocycles. The van der Waals surface area contributed by atoms with Crippen LogP contribution in [0.3, 0.4) is 0 Å². The Bertz CT molecular complexity index is 830. The van der Waals surface area contributed by atoms with Crippen LogP contribution in [0.4, 0.5) is 0 Å². The number of nitrogens with zero attached hydrogens (tertiary/aromatic N) is 4. The van der Waals surface area contributed by atoms with Crippen LogP contribution in [-0.2, 0) is 0 Å². The third-order valence-corrected chi connectivity index (χ3v) is 6.55. The first-order valence-electron chi connectivity index (χ1n) is 8.67. The number of hydrogen-bond acceptors (Lipinski definition) is 4. The molecule has 0 radical (unpaired) electrons. The van der Waals surface area contributed by atoms with Gasteiger partial charge in [0, 0.05) is 11.4 Å². The first-order valence-corrected chi connectivity index (χ1v) is 9.48. The Morgan fingerprint density at radius 3 is 2.50 bits per heavy atom. The van der Waals surface area contributed by atoms with E-state index in [1.165, 1.54) is 41.2 Å². The smallest absolute Gasteiger partial charge is 0.123 e. The minimum Gasteiger partial charge on any atom is -0.301 e. The van der Waals surface area contributed by atoms with E-state index in [0.29, 0.717) is 6.04 Å². The summed E-state index contributed by atoms with van der Waals surface area (Å²) in [7, 11) is 0. The zero-order valence-electron chi connectivity index (χ0n) is 13.5. The second-order valence-corrected chi connectivity index (χ2v) is 7.90. The van der Waals surface area contributed by atoms with Crippen molar-refractivity contribution in [1.29, 1.82) is 0 Å². The molecule has 2 bridgehead atoms. The van der Waals surface area contributed by atoms with Crippen LogP contribution in [-0.4, -0.2) is 39.5 Å². The highest BCUT2D eigenvalue weighted by molar-refractivity contribution is 7.18. The minimum absolute atomic E-state index is 0.502. The zero-order valence-corrected chi connectivity index (χ0v) is 14.3. The van der Waals surface area contributed by atoms with Gasteiger partial charge >= 0.3 is 0 Å². The Morgan fingerprint density at radius 1 is 0.958 bits per heavy atom. The molecule has 3 aliphatic heterocycles. The van der Waals surface area contributed by atoms with E-state index in [9.17, 15) is 0 Å². The fraction of sp³-hybridized carbons (Fsp3) is 0.368. The van der Waals surface area contributed by atoms with Gasteiger partial charge in [0.25, 0.3) is 0 Å². The van der Waals surface area contributed by atoms with Crippen molar-refractivity contribution in [2.24, 2.45) is 5.92 Å². The molecule has 5 heterocycles. The van der Waals surface area contributed by atoms with Crippen molar-refractivity contribution in [3.63, 3.8) is 0 Å². The number of piperidine rings is 3. The highest BCUT2D eigenvalue weighted by Crippen LogP contribution is 2.37. The van der Waals surface area contributed by atoms with Crippen molar-refractivity contribution < 1.29 is 0 Å². The van der Waals surface area contributed by atoms with Crippen molar-refractivity contribution in [3.8, 4) is 21.0 Å². The average molecular weight is 336 g/mol. The Kier molecular flexibility index (Phi) is 3.49. The summed E-state index contributed by atoms with van der Waals surface area (Å²) in [4.78, 5) is 5.04. The van der Waals surface area contributed by atoms with Gasteiger partial charge in [0.1, 0.15) is 5.69 Å². The number of thiophene rings is 1. The lowest BCUT2D eigenvalue weighted by molar-refractivity contribution is 0.0504. The van der Waals surface area contributed by atoms with Gasteiger partial charge in [-0.3, -0.25) is 0 Å². The molecule has 5 heteroatoms. The first kappa shape index (κ1) is 14.4. The van der Waals surface area contributed by atoms with Gasteiger partial charge in [0.15, 0.2) is 0 Å². The topological polar surface area (TPSA) is 34.0 Å². The molecule has 1 unspecified atom stereocenters. The fourth-order valence-electron chi connectivity index (χ4n) is 4.02. The second kappa shape index (κ2) is 5.83. The number of fused-ring (bicyclic) bond motifs is 3. The van der Waals surface area contributed by atoms with Crippen LogP contribution in [0.5, 0.6) is 0 Å². The minimum atomic E-state index is 0.502. The molecule has 3 aromatic rings. The lowest BCUT2D eigenvalue weighted by Gasteiger charge is -2.44. The Hall–Kier alpha value is -1.98. The highest BCUT2D eigenvalue weighted by Gasteiger charge is 2.35. The Labute approximate surface area is 145 Å². The van der Waals surface area contributed by atoms with Crippen LogP contribution in [0.25, 0.3) is 21.0 Å². The third-order valence-electron chi connectivity index (χ3n) is 5.39. The fourth-order valence-corrected chi connectivity index (χ4v) is 4.98. The van der Waals surface area contributed by atoms with E-state index < -0.39 is 0 Å². The molecule has 1 aromatic carbocycles. The molecular weight excluding hydrogens is 316 g/mol. The predicted octanol–water partition coefficient (Wildman–Crippen LogP) is 3.94. The van der Waals surface area contributed by atoms with Gasteiger partial charge < -0.3 is 4.90 Å². The van der Waals surface area contributed by atoms with Gasteiger partial charge in [-0.25, -0.2) is 4.68 Å². The quantitative estimate of drug-likeness (QED) is 0.726. The van der Waals surface area contributed by atoms with E-state index in [4.69, 9.17) is 0 Å². The summed E-state index contributed by atoms with van der Waals surface area (Å²) >= 11 is 1.79.